The van der Waals surface area contributed by atoms with Crippen molar-refractivity contribution in [2.45, 2.75) is 110 Å². The number of amides is 3. The van der Waals surface area contributed by atoms with Crippen LogP contribution in [-0.2, 0) is 54.5 Å². The highest BCUT2D eigenvalue weighted by Gasteiger charge is 2.42. The van der Waals surface area contributed by atoms with Crippen LogP contribution in [0.3, 0.4) is 0 Å². The number of ether oxygens (including phenoxy) is 2. The van der Waals surface area contributed by atoms with Gasteiger partial charge in [0, 0.05) is 67.9 Å². The van der Waals surface area contributed by atoms with Crippen molar-refractivity contribution in [3.8, 4) is 28.1 Å². The van der Waals surface area contributed by atoms with Gasteiger partial charge in [0.2, 0.25) is 11.8 Å². The van der Waals surface area contributed by atoms with Crippen LogP contribution in [0.1, 0.15) is 94.6 Å². The van der Waals surface area contributed by atoms with E-state index in [0.717, 1.165) is 50.1 Å². The minimum Gasteiger partial charge on any atom is -0.508 e. The summed E-state index contributed by atoms with van der Waals surface area (Å²) in [7, 11) is 3.27. The number of benzene rings is 2. The molecule has 15 heteroatoms. The minimum absolute atomic E-state index is 0.00423. The number of aromatic hydroxyl groups is 1. The molecule has 0 saturated carbocycles. The first-order valence-electron chi connectivity index (χ1n) is 23.5. The predicted octanol–water partition coefficient (Wildman–Crippen LogP) is 6.20. The number of aryl methyl sites for hydroxylation is 1. The van der Waals surface area contributed by atoms with Crippen molar-refractivity contribution in [3.05, 3.63) is 101 Å². The van der Waals surface area contributed by atoms with E-state index in [1.165, 1.54) is 9.91 Å². The molecule has 15 nitrogen and oxygen atoms in total. The number of phenols is 1. The molecule has 0 radical (unpaired) electrons. The zero-order valence-corrected chi connectivity index (χ0v) is 39.8. The molecular formula is C52H64N8O7. The molecule has 6 atom stereocenters. The van der Waals surface area contributed by atoms with E-state index in [4.69, 9.17) is 20.2 Å². The normalized spacial score (nSPS) is 21.6. The minimum atomic E-state index is -1.16. The number of esters is 1. The highest BCUT2D eigenvalue weighted by Crippen LogP contribution is 2.42. The van der Waals surface area contributed by atoms with E-state index in [0.29, 0.717) is 43.5 Å². The predicted molar refractivity (Wildman–Crippen MR) is 255 cm³/mol. The lowest BCUT2D eigenvalue weighted by Gasteiger charge is -2.37. The van der Waals surface area contributed by atoms with E-state index in [2.05, 4.69) is 59.3 Å². The Hall–Kier alpha value is -6.16. The Morgan fingerprint density at radius 1 is 1.04 bits per heavy atom. The Kier molecular flexibility index (Phi) is 13.6. The number of nitrogens with one attached hydrogen (secondary N) is 2. The van der Waals surface area contributed by atoms with Gasteiger partial charge in [-0.1, -0.05) is 45.9 Å². The third kappa shape index (κ3) is 9.41. The molecular weight excluding hydrogens is 849 g/mol. The largest absolute Gasteiger partial charge is 0.508 e. The topological polar surface area (TPSA) is 194 Å². The van der Waals surface area contributed by atoms with E-state index in [1.54, 1.807) is 38.7 Å². The first-order chi connectivity index (χ1) is 32.0. The third-order valence-electron chi connectivity index (χ3n) is 13.8. The fourth-order valence-electron chi connectivity index (χ4n) is 10.4. The molecule has 1 fully saturated rings. The number of carbonyl (C=O) groups excluding carboxylic acids is 4. The molecule has 3 aromatic heterocycles. The lowest BCUT2D eigenvalue weighted by molar-refractivity contribution is -0.155. The fraction of sp³-hybridized carbons (Fsp3) is 0.462. The molecule has 354 valence electrons. The van der Waals surface area contributed by atoms with Gasteiger partial charge in [0.05, 0.1) is 41.8 Å². The second-order valence-electron chi connectivity index (χ2n) is 19.6. The summed E-state index contributed by atoms with van der Waals surface area (Å²) in [6.07, 6.45) is 5.05. The van der Waals surface area contributed by atoms with Gasteiger partial charge in [-0.2, -0.15) is 0 Å². The van der Waals surface area contributed by atoms with Gasteiger partial charge >= 0.3 is 5.97 Å². The molecule has 5 aromatic rings. The Morgan fingerprint density at radius 2 is 1.81 bits per heavy atom. The number of carbonyl (C=O) groups is 4. The standard InChI is InChI=1S/C52H64N8O7/c1-9-59-42-17-16-32-25-37(42)39(47(59)36-14-11-19-54-44(36)30(4)66-8)27-52(5,6)28-67-51(65)40-15-12-20-60(57-40)50(64)41(23-31-21-34(32)24-35(61)22-31)56-48(62)46(29(2)3)58(7)49(63)38-26-33-13-10-18-55-45(33)43(38)53/h10-11,13-14,16-19,21-22,24-25,29-30,38,40-41,43,46,57,61H,9,12,15,20,23,26-28,53H2,1-8H3,(H,56,62)/t30-,38-,40-,41-,43-,46?/m0/s1. The number of likely N-dealkylation sites (N-methyl/N-ethyl adjacent to an activating group) is 1. The summed E-state index contributed by atoms with van der Waals surface area (Å²) in [4.78, 5) is 68.2. The Bertz CT molecular complexity index is 2700. The van der Waals surface area contributed by atoms with Gasteiger partial charge in [-0.25, -0.2) is 5.43 Å². The summed E-state index contributed by atoms with van der Waals surface area (Å²) in [6.45, 7) is 13.0. The number of rotatable bonds is 9. The van der Waals surface area contributed by atoms with Crippen molar-refractivity contribution in [1.29, 1.82) is 0 Å². The highest BCUT2D eigenvalue weighted by atomic mass is 16.5. The number of cyclic esters (lactones) is 1. The van der Waals surface area contributed by atoms with Crippen molar-refractivity contribution in [1.82, 2.24) is 35.2 Å². The molecule has 6 bridgehead atoms. The summed E-state index contributed by atoms with van der Waals surface area (Å²) < 4.78 is 14.2. The van der Waals surface area contributed by atoms with Crippen molar-refractivity contribution in [2.75, 3.05) is 27.3 Å². The lowest BCUT2D eigenvalue weighted by atomic mass is 9.84. The number of phenolic OH excluding ortho intramolecular Hbond substituents is 1. The van der Waals surface area contributed by atoms with Crippen LogP contribution in [0.25, 0.3) is 33.3 Å². The molecule has 3 aliphatic rings. The summed E-state index contributed by atoms with van der Waals surface area (Å²) in [5.74, 6) is -2.71. The van der Waals surface area contributed by atoms with Crippen LogP contribution in [0.15, 0.2) is 73.1 Å². The van der Waals surface area contributed by atoms with Crippen molar-refractivity contribution >= 4 is 34.6 Å². The number of hydrogen-bond donors (Lipinski definition) is 4. The summed E-state index contributed by atoms with van der Waals surface area (Å²) in [6, 6.07) is 15.7. The van der Waals surface area contributed by atoms with Crippen molar-refractivity contribution < 1.29 is 33.8 Å². The van der Waals surface area contributed by atoms with Gasteiger partial charge in [0.25, 0.3) is 5.91 Å². The molecule has 5 N–H and O–H groups in total. The Morgan fingerprint density at radius 3 is 2.54 bits per heavy atom. The average Bonchev–Trinajstić information content (AvgIpc) is 3.81. The number of aromatic nitrogens is 3. The van der Waals surface area contributed by atoms with Gasteiger partial charge in [0.1, 0.15) is 23.9 Å². The molecule has 67 heavy (non-hydrogen) atoms. The van der Waals surface area contributed by atoms with Crippen LogP contribution in [-0.4, -0.2) is 98.7 Å². The van der Waals surface area contributed by atoms with Gasteiger partial charge in [0.15, 0.2) is 0 Å². The lowest BCUT2D eigenvalue weighted by Crippen LogP contribution is -2.62. The maximum Gasteiger partial charge on any atom is 0.324 e. The van der Waals surface area contributed by atoms with E-state index in [1.807, 2.05) is 51.1 Å². The number of hydrogen-bond acceptors (Lipinski definition) is 11. The van der Waals surface area contributed by atoms with Crippen molar-refractivity contribution in [2.24, 2.45) is 23.0 Å². The zero-order chi connectivity index (χ0) is 47.9. The van der Waals surface area contributed by atoms with Gasteiger partial charge in [-0.05, 0) is 116 Å². The third-order valence-corrected chi connectivity index (χ3v) is 13.8. The molecule has 3 amide bonds. The fourth-order valence-corrected chi connectivity index (χ4v) is 10.4. The molecule has 2 aliphatic heterocycles. The van der Waals surface area contributed by atoms with Gasteiger partial charge < -0.3 is 35.1 Å². The second-order valence-corrected chi connectivity index (χ2v) is 19.6. The highest BCUT2D eigenvalue weighted by molar-refractivity contribution is 5.96. The monoisotopic (exact) mass is 912 g/mol. The van der Waals surface area contributed by atoms with E-state index < -0.39 is 53.3 Å². The van der Waals surface area contributed by atoms with Gasteiger partial charge in [-0.3, -0.25) is 34.2 Å². The number of nitrogens with zero attached hydrogens (tertiary/aromatic N) is 5. The molecule has 1 aliphatic carbocycles. The Labute approximate surface area is 392 Å². The molecule has 5 heterocycles. The maximum absolute atomic E-state index is 14.8. The zero-order valence-electron chi connectivity index (χ0n) is 39.8. The summed E-state index contributed by atoms with van der Waals surface area (Å²) in [5.41, 5.74) is 17.7. The van der Waals surface area contributed by atoms with Crippen LogP contribution in [0.5, 0.6) is 5.75 Å². The molecule has 1 unspecified atom stereocenters. The Balaban J connectivity index is 1.20. The van der Waals surface area contributed by atoms with Crippen molar-refractivity contribution in [3.63, 3.8) is 0 Å². The van der Waals surface area contributed by atoms with E-state index in [9.17, 15) is 24.3 Å². The summed E-state index contributed by atoms with van der Waals surface area (Å²) in [5, 5.41) is 16.8. The van der Waals surface area contributed by atoms with Gasteiger partial charge in [-0.15, -0.1) is 0 Å². The smallest absolute Gasteiger partial charge is 0.324 e. The number of nitrogens with two attached hydrogens (primary N) is 1. The molecule has 1 saturated heterocycles. The number of methoxy groups -OCH3 is 1. The van der Waals surface area contributed by atoms with Crippen LogP contribution < -0.4 is 16.5 Å². The molecule has 8 rings (SSSR count). The second kappa shape index (κ2) is 19.2. The number of pyridine rings is 2. The van der Waals surface area contributed by atoms with E-state index >= 15 is 0 Å². The number of fused-ring (bicyclic) bond motifs is 7. The number of hydrazine groups is 1. The first kappa shape index (κ1) is 47.3. The van der Waals surface area contributed by atoms with Crippen LogP contribution in [0.2, 0.25) is 0 Å². The maximum atomic E-state index is 14.8. The van der Waals surface area contributed by atoms with Crippen LogP contribution >= 0.6 is 0 Å². The van der Waals surface area contributed by atoms with E-state index in [-0.39, 0.29) is 43.3 Å². The SMILES string of the molecule is CCn1c(-c2cccnc2[C@H](C)OC)c2c3cc(ccc31)-c1cc(O)cc(c1)C[C@H](NC(=O)C(C(C)C)N(C)C(=O)[C@H]1Cc3cccnc3[C@H]1N)C(=O)N1CCC[C@H](N1)C(=O)OCC(C)(C)C2. The van der Waals surface area contributed by atoms with Crippen LogP contribution in [0, 0.1) is 17.3 Å². The average molecular weight is 913 g/mol. The summed E-state index contributed by atoms with van der Waals surface area (Å²) >= 11 is 0. The first-order valence-corrected chi connectivity index (χ1v) is 23.5. The quantitative estimate of drug-likeness (QED) is 0.123. The molecule has 2 aromatic carbocycles. The molecule has 0 spiro atoms. The van der Waals surface area contributed by atoms with Crippen LogP contribution in [0.4, 0.5) is 0 Å².